The monoisotopic (exact) mass is 784 g/mol. The van der Waals surface area contributed by atoms with Crippen molar-refractivity contribution in [2.75, 3.05) is 40.4 Å². The highest BCUT2D eigenvalue weighted by Gasteiger charge is 2.60. The van der Waals surface area contributed by atoms with E-state index in [9.17, 15) is 29.5 Å². The molecule has 2 N–H and O–H groups in total. The number of ether oxygens (including phenoxy) is 6. The Hall–Kier alpha value is -5.50. The topological polar surface area (TPSA) is 186 Å². The molecule has 1 amide bonds. The van der Waals surface area contributed by atoms with Crippen molar-refractivity contribution in [2.45, 2.75) is 68.7 Å². The number of nitriles is 1. The van der Waals surface area contributed by atoms with Crippen LogP contribution < -0.4 is 24.3 Å². The average molecular weight is 785 g/mol. The lowest BCUT2D eigenvalue weighted by atomic mass is 9.71. The Morgan fingerprint density at radius 2 is 1.77 bits per heavy atom. The van der Waals surface area contributed by atoms with Gasteiger partial charge in [-0.25, -0.2) is 9.59 Å². The van der Waals surface area contributed by atoms with E-state index < -0.39 is 59.3 Å². The van der Waals surface area contributed by atoms with Gasteiger partial charge in [-0.2, -0.15) is 5.26 Å². The number of phenols is 1. The van der Waals surface area contributed by atoms with Gasteiger partial charge in [0.25, 0.3) is 5.91 Å². The summed E-state index contributed by atoms with van der Waals surface area (Å²) in [5, 5.41) is 25.1. The lowest BCUT2D eigenvalue weighted by Crippen LogP contribution is -2.69. The molecule has 1 unspecified atom stereocenters. The Bertz CT molecular complexity index is 2240. The van der Waals surface area contributed by atoms with Crippen molar-refractivity contribution in [1.82, 2.24) is 15.1 Å². The van der Waals surface area contributed by atoms with Crippen molar-refractivity contribution in [3.05, 3.63) is 74.8 Å². The Morgan fingerprint density at radius 1 is 1.04 bits per heavy atom. The number of hydrogen-bond acceptors (Lipinski definition) is 15. The van der Waals surface area contributed by atoms with E-state index in [1.807, 2.05) is 20.0 Å². The van der Waals surface area contributed by atoms with Crippen LogP contribution in [0.1, 0.15) is 78.4 Å². The molecule has 56 heavy (non-hydrogen) atoms. The summed E-state index contributed by atoms with van der Waals surface area (Å²) in [7, 11) is 4.65. The minimum absolute atomic E-state index is 0.00531. The fourth-order valence-electron chi connectivity index (χ4n) is 9.27. The van der Waals surface area contributed by atoms with Crippen LogP contribution in [0.15, 0.2) is 30.3 Å². The van der Waals surface area contributed by atoms with Crippen LogP contribution in [-0.2, 0) is 25.5 Å². The molecule has 6 aliphatic rings. The molecule has 0 saturated carbocycles. The smallest absolute Gasteiger partial charge is 0.338 e. The highest BCUT2D eigenvalue weighted by atomic mass is 32.2. The first-order valence-corrected chi connectivity index (χ1v) is 19.2. The number of aromatic hydroxyl groups is 1. The summed E-state index contributed by atoms with van der Waals surface area (Å²) >= 11 is 1.31. The van der Waals surface area contributed by atoms with E-state index in [0.717, 1.165) is 11.1 Å². The van der Waals surface area contributed by atoms with Crippen molar-refractivity contribution >= 4 is 35.6 Å². The highest BCUT2D eigenvalue weighted by molar-refractivity contribution is 7.99. The molecule has 16 heteroatoms. The summed E-state index contributed by atoms with van der Waals surface area (Å²) in [6, 6.07) is 6.46. The Kier molecular flexibility index (Phi) is 9.50. The lowest BCUT2D eigenvalue weighted by Gasteiger charge is -2.61. The average Bonchev–Trinajstić information content (AvgIpc) is 3.67. The van der Waals surface area contributed by atoms with Crippen LogP contribution in [0.4, 0.5) is 0 Å². The zero-order valence-corrected chi connectivity index (χ0v) is 32.4. The van der Waals surface area contributed by atoms with Gasteiger partial charge in [0, 0.05) is 47.0 Å². The number of piperazine rings is 1. The highest BCUT2D eigenvalue weighted by Crippen LogP contribution is 2.64. The van der Waals surface area contributed by atoms with Gasteiger partial charge >= 0.3 is 17.9 Å². The number of carbonyl (C=O) groups excluding carboxylic acids is 4. The van der Waals surface area contributed by atoms with Crippen molar-refractivity contribution in [1.29, 1.82) is 5.26 Å². The zero-order chi connectivity index (χ0) is 39.7. The molecule has 6 aliphatic heterocycles. The number of aryl methyl sites for hydroxylation is 1. The number of likely N-dealkylation sites (N-methyl/N-ethyl adjacent to an activating group) is 1. The minimum Gasteiger partial charge on any atom is -0.504 e. The number of methoxy groups -OCH3 is 2. The fourth-order valence-corrected chi connectivity index (χ4v) is 10.8. The first-order valence-electron chi connectivity index (χ1n) is 18.1. The standard InChI is InChI=1S/C40H40N4O11S/c1-17-11-20-12-24-25(13-41)44-26-14-52-40(49)23(42-38(47)21-9-7-8-10-22(21)39(48)51-6)15-56-37(31(44)30(43(24)4)27(20)32(46)33(17)50-5)29-28(26)36-35(53-16-54-36)18(2)34(29)55-19(3)45/h7-11,23-26,30-31,37,46H,12,14-16H2,1-6H3,(H,42,47)/t23-,24+,25-,26+,30+,31?,37+/m0/s1. The maximum absolute atomic E-state index is 14.0. The number of amides is 1. The minimum atomic E-state index is -1.20. The predicted molar refractivity (Wildman–Crippen MR) is 199 cm³/mol. The SMILES string of the molecule is COC(=O)c1ccccc1C(=O)N[C@H]1CS[C@@H]2c3c(OC(C)=O)c(C)c4c(c3[C@@H](COC1=O)N1C2[C@H]2c3c(cc(C)c(OC)c3O)C[C@H]([C@@H]1C#N)N2C)OCO4. The van der Waals surface area contributed by atoms with Crippen LogP contribution >= 0.6 is 11.8 Å². The Morgan fingerprint density at radius 3 is 2.46 bits per heavy atom. The molecule has 6 heterocycles. The van der Waals surface area contributed by atoms with Crippen molar-refractivity contribution in [2.24, 2.45) is 0 Å². The van der Waals surface area contributed by atoms with Gasteiger partial charge in [0.15, 0.2) is 23.0 Å². The molecule has 0 spiro atoms. The van der Waals surface area contributed by atoms with Crippen molar-refractivity contribution in [3.8, 4) is 34.8 Å². The van der Waals surface area contributed by atoms with Gasteiger partial charge in [-0.15, -0.1) is 11.8 Å². The van der Waals surface area contributed by atoms with Crippen LogP contribution in [0.25, 0.3) is 0 Å². The maximum Gasteiger partial charge on any atom is 0.338 e. The van der Waals surface area contributed by atoms with Gasteiger partial charge in [-0.3, -0.25) is 19.4 Å². The fraction of sp³-hybridized carbons (Fsp3) is 0.425. The number of nitrogens with zero attached hydrogens (tertiary/aromatic N) is 3. The molecule has 2 fully saturated rings. The third kappa shape index (κ3) is 5.62. The molecular formula is C40H40N4O11S. The molecule has 3 aromatic carbocycles. The molecule has 292 valence electrons. The summed E-state index contributed by atoms with van der Waals surface area (Å²) in [6.45, 7) is 4.57. The van der Waals surface area contributed by atoms with Crippen molar-refractivity contribution < 1.29 is 52.7 Å². The van der Waals surface area contributed by atoms with Gasteiger partial charge in [0.2, 0.25) is 6.79 Å². The third-order valence-electron chi connectivity index (χ3n) is 11.5. The molecule has 9 rings (SSSR count). The predicted octanol–water partition coefficient (Wildman–Crippen LogP) is 3.82. The van der Waals surface area contributed by atoms with Gasteiger partial charge in [0.05, 0.1) is 48.7 Å². The van der Waals surface area contributed by atoms with Crippen LogP contribution in [-0.4, -0.2) is 103 Å². The van der Waals surface area contributed by atoms with Crippen LogP contribution in [0.2, 0.25) is 0 Å². The summed E-state index contributed by atoms with van der Waals surface area (Å²) in [4.78, 5) is 57.4. The lowest BCUT2D eigenvalue weighted by molar-refractivity contribution is -0.151. The number of esters is 3. The number of thioether (sulfide) groups is 1. The summed E-state index contributed by atoms with van der Waals surface area (Å²) in [5.74, 6) is -1.34. The van der Waals surface area contributed by atoms with Gasteiger partial charge in [-0.1, -0.05) is 18.2 Å². The summed E-state index contributed by atoms with van der Waals surface area (Å²) in [6.07, 6.45) is 0.449. The van der Waals surface area contributed by atoms with E-state index >= 15 is 0 Å². The van der Waals surface area contributed by atoms with E-state index in [2.05, 4.69) is 21.2 Å². The van der Waals surface area contributed by atoms with Gasteiger partial charge < -0.3 is 38.8 Å². The number of nitrogens with one attached hydrogen (secondary N) is 1. The number of phenolic OH excluding ortho intramolecular Hbond substituents is 1. The molecule has 4 bridgehead atoms. The number of hydrogen-bond donors (Lipinski definition) is 2. The van der Waals surface area contributed by atoms with E-state index in [-0.39, 0.29) is 47.8 Å². The molecule has 3 aromatic rings. The number of carbonyl (C=O) groups is 4. The molecule has 0 aliphatic carbocycles. The maximum atomic E-state index is 14.0. The number of rotatable bonds is 5. The van der Waals surface area contributed by atoms with Crippen molar-refractivity contribution in [3.63, 3.8) is 0 Å². The third-order valence-corrected chi connectivity index (χ3v) is 12.9. The van der Waals surface area contributed by atoms with Gasteiger partial charge in [0.1, 0.15) is 24.4 Å². The Balaban J connectivity index is 1.33. The molecule has 0 radical (unpaired) electrons. The van der Waals surface area contributed by atoms with E-state index in [1.165, 1.54) is 45.0 Å². The molecule has 7 atom stereocenters. The molecular weight excluding hydrogens is 745 g/mol. The second kappa shape index (κ2) is 14.2. The summed E-state index contributed by atoms with van der Waals surface area (Å²) in [5.41, 5.74) is 4.04. The normalized spacial score (nSPS) is 26.1. The van der Waals surface area contributed by atoms with E-state index in [1.54, 1.807) is 19.1 Å². The first-order chi connectivity index (χ1) is 26.9. The van der Waals surface area contributed by atoms with Crippen LogP contribution in [0, 0.1) is 25.2 Å². The number of fused-ring (bicyclic) bond motifs is 10. The quantitative estimate of drug-likeness (QED) is 0.281. The summed E-state index contributed by atoms with van der Waals surface area (Å²) < 4.78 is 34.8. The largest absolute Gasteiger partial charge is 0.504 e. The second-order valence-electron chi connectivity index (χ2n) is 14.4. The number of benzene rings is 3. The zero-order valence-electron chi connectivity index (χ0n) is 31.5. The molecule has 0 aromatic heterocycles. The molecule has 15 nitrogen and oxygen atoms in total. The second-order valence-corrected chi connectivity index (χ2v) is 15.6. The van der Waals surface area contributed by atoms with Gasteiger partial charge in [-0.05, 0) is 50.6 Å². The van der Waals surface area contributed by atoms with E-state index in [4.69, 9.17) is 28.4 Å². The van der Waals surface area contributed by atoms with Crippen LogP contribution in [0.5, 0.6) is 28.7 Å². The Labute approximate surface area is 326 Å². The van der Waals surface area contributed by atoms with E-state index in [0.29, 0.717) is 45.9 Å². The first kappa shape index (κ1) is 37.4. The van der Waals surface area contributed by atoms with Crippen LogP contribution in [0.3, 0.4) is 0 Å². The molecule has 2 saturated heterocycles.